The summed E-state index contributed by atoms with van der Waals surface area (Å²) in [6.07, 6.45) is 9.29. The van der Waals surface area contributed by atoms with Gasteiger partial charge in [0.1, 0.15) is 5.75 Å². The summed E-state index contributed by atoms with van der Waals surface area (Å²) in [4.78, 5) is 0. The summed E-state index contributed by atoms with van der Waals surface area (Å²) in [5.74, 6) is 1.08. The summed E-state index contributed by atoms with van der Waals surface area (Å²) in [5, 5.41) is 8.43. The van der Waals surface area contributed by atoms with Crippen LogP contribution in [0, 0.1) is 23.2 Å². The topological polar surface area (TPSA) is 33.0 Å². The predicted octanol–water partition coefficient (Wildman–Crippen LogP) is 5.96. The Kier molecular flexibility index (Phi) is 7.12. The molecule has 0 bridgehead atoms. The molecule has 0 N–H and O–H groups in total. The molecule has 134 valence electrons. The standard InChI is InChI=1S/C20H22F3NO/c21-20(22,23)25-19-13-11-18(12-14-19)10-9-17-7-5-16(6-8-17)4-2-1-3-15-24/h1-4,11-14,16-17H,5-10H2/b3-1+,4-2+. The molecule has 1 aromatic carbocycles. The van der Waals surface area contributed by atoms with Crippen LogP contribution in [-0.2, 0) is 6.42 Å². The number of allylic oxidation sites excluding steroid dienone is 4. The molecule has 0 amide bonds. The Balaban J connectivity index is 1.71. The van der Waals surface area contributed by atoms with Gasteiger partial charge in [0.05, 0.1) is 6.07 Å². The van der Waals surface area contributed by atoms with Gasteiger partial charge in [0, 0.05) is 6.08 Å². The zero-order chi connectivity index (χ0) is 18.1. The van der Waals surface area contributed by atoms with Gasteiger partial charge in [-0.1, -0.05) is 30.4 Å². The number of benzene rings is 1. The molecule has 25 heavy (non-hydrogen) atoms. The summed E-state index contributed by atoms with van der Waals surface area (Å²) in [6, 6.07) is 8.12. The lowest BCUT2D eigenvalue weighted by atomic mass is 9.79. The molecule has 0 aromatic heterocycles. The van der Waals surface area contributed by atoms with Crippen LogP contribution >= 0.6 is 0 Å². The largest absolute Gasteiger partial charge is 0.573 e. The number of aryl methyl sites for hydroxylation is 1. The van der Waals surface area contributed by atoms with Crippen molar-refractivity contribution in [2.75, 3.05) is 0 Å². The van der Waals surface area contributed by atoms with Crippen molar-refractivity contribution in [1.29, 1.82) is 5.26 Å². The average molecular weight is 349 g/mol. The average Bonchev–Trinajstić information content (AvgIpc) is 2.58. The first-order valence-electron chi connectivity index (χ1n) is 8.54. The molecule has 0 unspecified atom stereocenters. The van der Waals surface area contributed by atoms with Crippen molar-refractivity contribution < 1.29 is 17.9 Å². The minimum atomic E-state index is -4.64. The molecule has 0 spiro atoms. The molecular weight excluding hydrogens is 327 g/mol. The lowest BCUT2D eigenvalue weighted by Crippen LogP contribution is -2.17. The van der Waals surface area contributed by atoms with E-state index in [1.165, 1.54) is 31.1 Å². The third-order valence-corrected chi connectivity index (χ3v) is 4.55. The minimum Gasteiger partial charge on any atom is -0.406 e. The van der Waals surface area contributed by atoms with E-state index in [4.69, 9.17) is 5.26 Å². The van der Waals surface area contributed by atoms with Gasteiger partial charge in [-0.15, -0.1) is 13.2 Å². The molecule has 1 aliphatic rings. The molecular formula is C20H22F3NO. The van der Waals surface area contributed by atoms with Gasteiger partial charge in [-0.3, -0.25) is 0 Å². The van der Waals surface area contributed by atoms with Gasteiger partial charge in [0.2, 0.25) is 0 Å². The van der Waals surface area contributed by atoms with Crippen molar-refractivity contribution in [1.82, 2.24) is 0 Å². The zero-order valence-electron chi connectivity index (χ0n) is 14.0. The SMILES string of the molecule is N#C/C=C/C=C/C1CCC(CCc2ccc(OC(F)(F)F)cc2)CC1. The number of nitriles is 1. The summed E-state index contributed by atoms with van der Waals surface area (Å²) in [7, 11) is 0. The van der Waals surface area contributed by atoms with E-state index in [0.29, 0.717) is 11.8 Å². The van der Waals surface area contributed by atoms with E-state index in [-0.39, 0.29) is 5.75 Å². The molecule has 2 nitrogen and oxygen atoms in total. The van der Waals surface area contributed by atoms with Crippen LogP contribution in [0.1, 0.15) is 37.7 Å². The van der Waals surface area contributed by atoms with Gasteiger partial charge in [-0.25, -0.2) is 0 Å². The molecule has 1 saturated carbocycles. The highest BCUT2D eigenvalue weighted by atomic mass is 19.4. The second kappa shape index (κ2) is 9.31. The third kappa shape index (κ3) is 7.47. The zero-order valence-corrected chi connectivity index (χ0v) is 14.0. The molecule has 0 heterocycles. The van der Waals surface area contributed by atoms with Crippen molar-refractivity contribution in [3.63, 3.8) is 0 Å². The maximum atomic E-state index is 12.1. The van der Waals surface area contributed by atoms with Gasteiger partial charge in [-0.05, 0) is 68.1 Å². The lowest BCUT2D eigenvalue weighted by Gasteiger charge is -2.26. The number of rotatable bonds is 6. The molecule has 0 radical (unpaired) electrons. The molecule has 1 aromatic rings. The Morgan fingerprint density at radius 3 is 2.36 bits per heavy atom. The Labute approximate surface area is 146 Å². The fourth-order valence-corrected chi connectivity index (χ4v) is 3.22. The summed E-state index contributed by atoms with van der Waals surface area (Å²) < 4.78 is 40.3. The minimum absolute atomic E-state index is 0.172. The molecule has 2 rings (SSSR count). The van der Waals surface area contributed by atoms with Crippen molar-refractivity contribution in [3.05, 3.63) is 54.1 Å². The maximum Gasteiger partial charge on any atom is 0.573 e. The fourth-order valence-electron chi connectivity index (χ4n) is 3.22. The third-order valence-electron chi connectivity index (χ3n) is 4.55. The van der Waals surface area contributed by atoms with Crippen molar-refractivity contribution >= 4 is 0 Å². The van der Waals surface area contributed by atoms with Gasteiger partial charge in [0.15, 0.2) is 0 Å². The number of alkyl halides is 3. The van der Waals surface area contributed by atoms with Crippen LogP contribution in [0.15, 0.2) is 48.6 Å². The highest BCUT2D eigenvalue weighted by Crippen LogP contribution is 2.32. The van der Waals surface area contributed by atoms with Crippen molar-refractivity contribution in [2.45, 2.75) is 44.9 Å². The highest BCUT2D eigenvalue weighted by molar-refractivity contribution is 5.27. The number of ether oxygens (including phenoxy) is 1. The first kappa shape index (κ1) is 19.1. The normalized spacial score (nSPS) is 21.5. The second-order valence-electron chi connectivity index (χ2n) is 6.38. The van der Waals surface area contributed by atoms with Gasteiger partial charge in [0.25, 0.3) is 0 Å². The van der Waals surface area contributed by atoms with E-state index in [9.17, 15) is 13.2 Å². The van der Waals surface area contributed by atoms with Gasteiger partial charge < -0.3 is 4.74 Å². The molecule has 5 heteroatoms. The van der Waals surface area contributed by atoms with Crippen LogP contribution in [-0.4, -0.2) is 6.36 Å². The predicted molar refractivity (Wildman–Crippen MR) is 90.8 cm³/mol. The number of hydrogen-bond acceptors (Lipinski definition) is 2. The van der Waals surface area contributed by atoms with E-state index in [2.05, 4.69) is 10.8 Å². The highest BCUT2D eigenvalue weighted by Gasteiger charge is 2.30. The van der Waals surface area contributed by atoms with Crippen LogP contribution in [0.4, 0.5) is 13.2 Å². The summed E-state index contributed by atoms with van der Waals surface area (Å²) in [6.45, 7) is 0. The lowest BCUT2D eigenvalue weighted by molar-refractivity contribution is -0.274. The van der Waals surface area contributed by atoms with Gasteiger partial charge in [-0.2, -0.15) is 5.26 Å². The number of hydrogen-bond donors (Lipinski definition) is 0. The van der Waals surface area contributed by atoms with E-state index < -0.39 is 6.36 Å². The van der Waals surface area contributed by atoms with Crippen LogP contribution in [0.25, 0.3) is 0 Å². The Bertz CT molecular complexity index is 618. The molecule has 1 fully saturated rings. The van der Waals surface area contributed by atoms with E-state index in [0.717, 1.165) is 31.2 Å². The number of halogens is 3. The van der Waals surface area contributed by atoms with Crippen LogP contribution < -0.4 is 4.74 Å². The fraction of sp³-hybridized carbons (Fsp3) is 0.450. The first-order chi connectivity index (χ1) is 12.0. The summed E-state index contributed by atoms with van der Waals surface area (Å²) >= 11 is 0. The molecule has 0 atom stereocenters. The number of nitrogens with zero attached hydrogens (tertiary/aromatic N) is 1. The monoisotopic (exact) mass is 349 g/mol. The van der Waals surface area contributed by atoms with Crippen LogP contribution in [0.5, 0.6) is 5.75 Å². The smallest absolute Gasteiger partial charge is 0.406 e. The Morgan fingerprint density at radius 1 is 1.08 bits per heavy atom. The van der Waals surface area contributed by atoms with E-state index in [1.807, 2.05) is 12.1 Å². The van der Waals surface area contributed by atoms with Crippen LogP contribution in [0.3, 0.4) is 0 Å². The molecule has 1 aliphatic carbocycles. The Morgan fingerprint density at radius 2 is 1.76 bits per heavy atom. The first-order valence-corrected chi connectivity index (χ1v) is 8.54. The van der Waals surface area contributed by atoms with E-state index in [1.54, 1.807) is 18.2 Å². The van der Waals surface area contributed by atoms with Crippen molar-refractivity contribution in [2.24, 2.45) is 11.8 Å². The maximum absolute atomic E-state index is 12.1. The Hall–Kier alpha value is -2.22. The van der Waals surface area contributed by atoms with Gasteiger partial charge >= 0.3 is 6.36 Å². The molecule has 0 aliphatic heterocycles. The second-order valence-corrected chi connectivity index (χ2v) is 6.38. The molecule has 0 saturated heterocycles. The van der Waals surface area contributed by atoms with E-state index >= 15 is 0 Å². The van der Waals surface area contributed by atoms with Crippen LogP contribution in [0.2, 0.25) is 0 Å². The quantitative estimate of drug-likeness (QED) is 0.469. The summed E-state index contributed by atoms with van der Waals surface area (Å²) in [5.41, 5.74) is 1.04. The van der Waals surface area contributed by atoms with Crippen molar-refractivity contribution in [3.8, 4) is 11.8 Å².